The van der Waals surface area contributed by atoms with Gasteiger partial charge in [-0.3, -0.25) is 4.98 Å². The van der Waals surface area contributed by atoms with Crippen molar-refractivity contribution in [2.75, 3.05) is 19.6 Å². The first kappa shape index (κ1) is 13.6. The van der Waals surface area contributed by atoms with Gasteiger partial charge in [-0.25, -0.2) is 9.78 Å². The number of pyridine rings is 1. The number of carbonyl (C=O) groups is 1. The van der Waals surface area contributed by atoms with Crippen molar-refractivity contribution in [1.29, 1.82) is 0 Å². The van der Waals surface area contributed by atoms with Crippen LogP contribution in [-0.4, -0.2) is 45.1 Å². The van der Waals surface area contributed by atoms with Crippen LogP contribution in [0.2, 0.25) is 0 Å². The summed E-state index contributed by atoms with van der Waals surface area (Å²) in [6.45, 7) is 5.02. The van der Waals surface area contributed by atoms with Gasteiger partial charge < -0.3 is 14.8 Å². The fraction of sp³-hybridized carbons (Fsp3) is 0.400. The molecule has 0 bridgehead atoms. The standard InChI is InChI=1S/C15H19N5O/c1-2-12-3-4-13(18-11-12)14-16-5-7-19(14)9-10-20-8-6-17-15(20)21/h3-5,7,11H,2,6,8-10H2,1H3,(H,17,21). The Morgan fingerprint density at radius 3 is 2.86 bits per heavy atom. The lowest BCUT2D eigenvalue weighted by Gasteiger charge is -2.15. The van der Waals surface area contributed by atoms with Crippen LogP contribution in [-0.2, 0) is 13.0 Å². The number of rotatable bonds is 5. The molecule has 1 fully saturated rings. The van der Waals surface area contributed by atoms with Crippen molar-refractivity contribution in [2.24, 2.45) is 0 Å². The van der Waals surface area contributed by atoms with Crippen LogP contribution in [0, 0.1) is 0 Å². The molecule has 6 heteroatoms. The summed E-state index contributed by atoms with van der Waals surface area (Å²) in [6, 6.07) is 4.09. The van der Waals surface area contributed by atoms with E-state index < -0.39 is 0 Å². The molecule has 6 nitrogen and oxygen atoms in total. The molecule has 3 heterocycles. The number of amides is 2. The maximum Gasteiger partial charge on any atom is 0.317 e. The summed E-state index contributed by atoms with van der Waals surface area (Å²) < 4.78 is 2.04. The van der Waals surface area contributed by atoms with Crippen molar-refractivity contribution in [3.05, 3.63) is 36.3 Å². The first-order chi connectivity index (χ1) is 10.3. The molecule has 0 spiro atoms. The second kappa shape index (κ2) is 5.95. The van der Waals surface area contributed by atoms with Crippen molar-refractivity contribution >= 4 is 6.03 Å². The number of nitrogens with zero attached hydrogens (tertiary/aromatic N) is 4. The highest BCUT2D eigenvalue weighted by molar-refractivity contribution is 5.76. The van der Waals surface area contributed by atoms with Crippen LogP contribution < -0.4 is 5.32 Å². The molecule has 3 rings (SSSR count). The smallest absolute Gasteiger partial charge is 0.317 e. The van der Waals surface area contributed by atoms with E-state index in [-0.39, 0.29) is 6.03 Å². The zero-order valence-corrected chi connectivity index (χ0v) is 12.1. The third-order valence-corrected chi connectivity index (χ3v) is 3.73. The van der Waals surface area contributed by atoms with Crippen LogP contribution in [0.4, 0.5) is 4.79 Å². The Labute approximate surface area is 123 Å². The number of nitrogens with one attached hydrogen (secondary N) is 1. The van der Waals surface area contributed by atoms with Crippen molar-refractivity contribution in [3.63, 3.8) is 0 Å². The number of aryl methyl sites for hydroxylation is 1. The van der Waals surface area contributed by atoms with E-state index in [0.717, 1.165) is 37.6 Å². The fourth-order valence-corrected chi connectivity index (χ4v) is 2.44. The quantitative estimate of drug-likeness (QED) is 0.906. The lowest BCUT2D eigenvalue weighted by Crippen LogP contribution is -2.31. The van der Waals surface area contributed by atoms with Gasteiger partial charge in [0.15, 0.2) is 5.82 Å². The van der Waals surface area contributed by atoms with Gasteiger partial charge >= 0.3 is 6.03 Å². The molecule has 110 valence electrons. The predicted molar refractivity (Wildman–Crippen MR) is 79.8 cm³/mol. The molecule has 1 saturated heterocycles. The van der Waals surface area contributed by atoms with Crippen molar-refractivity contribution in [2.45, 2.75) is 19.9 Å². The van der Waals surface area contributed by atoms with E-state index in [0.29, 0.717) is 6.54 Å². The van der Waals surface area contributed by atoms with Gasteiger partial charge in [0.2, 0.25) is 0 Å². The van der Waals surface area contributed by atoms with Gasteiger partial charge in [-0.05, 0) is 18.1 Å². The van der Waals surface area contributed by atoms with Crippen LogP contribution in [0.15, 0.2) is 30.7 Å². The van der Waals surface area contributed by atoms with E-state index in [9.17, 15) is 4.79 Å². The Kier molecular flexibility index (Phi) is 3.85. The van der Waals surface area contributed by atoms with Crippen LogP contribution >= 0.6 is 0 Å². The van der Waals surface area contributed by atoms with Gasteiger partial charge in [0.05, 0.1) is 0 Å². The van der Waals surface area contributed by atoms with Gasteiger partial charge in [-0.2, -0.15) is 0 Å². The van der Waals surface area contributed by atoms with Gasteiger partial charge in [-0.1, -0.05) is 13.0 Å². The highest BCUT2D eigenvalue weighted by atomic mass is 16.2. The fourth-order valence-electron chi connectivity index (χ4n) is 2.44. The highest BCUT2D eigenvalue weighted by Gasteiger charge is 2.19. The van der Waals surface area contributed by atoms with Crippen LogP contribution in [0.1, 0.15) is 12.5 Å². The van der Waals surface area contributed by atoms with Crippen LogP contribution in [0.5, 0.6) is 0 Å². The van der Waals surface area contributed by atoms with Crippen molar-refractivity contribution < 1.29 is 4.79 Å². The third kappa shape index (κ3) is 2.89. The lowest BCUT2D eigenvalue weighted by atomic mass is 10.2. The molecule has 1 aliphatic rings. The van der Waals surface area contributed by atoms with E-state index >= 15 is 0 Å². The molecule has 0 radical (unpaired) electrons. The lowest BCUT2D eigenvalue weighted by molar-refractivity contribution is 0.215. The minimum absolute atomic E-state index is 0.0158. The third-order valence-electron chi connectivity index (χ3n) is 3.73. The Morgan fingerprint density at radius 2 is 2.19 bits per heavy atom. The average molecular weight is 285 g/mol. The highest BCUT2D eigenvalue weighted by Crippen LogP contribution is 2.15. The molecule has 0 aromatic carbocycles. The number of urea groups is 1. The Morgan fingerprint density at radius 1 is 1.29 bits per heavy atom. The van der Waals surface area contributed by atoms with Crippen LogP contribution in [0.3, 0.4) is 0 Å². The molecule has 0 saturated carbocycles. The van der Waals surface area contributed by atoms with Crippen molar-refractivity contribution in [1.82, 2.24) is 24.8 Å². The van der Waals surface area contributed by atoms with Gasteiger partial charge in [0, 0.05) is 44.8 Å². The largest absolute Gasteiger partial charge is 0.336 e. The molecule has 21 heavy (non-hydrogen) atoms. The maximum atomic E-state index is 11.5. The van der Waals surface area contributed by atoms with E-state index in [4.69, 9.17) is 0 Å². The summed E-state index contributed by atoms with van der Waals surface area (Å²) in [6.07, 6.45) is 6.57. The normalized spacial score (nSPS) is 14.5. The Hall–Kier alpha value is -2.37. The minimum Gasteiger partial charge on any atom is -0.336 e. The molecule has 1 N–H and O–H groups in total. The monoisotopic (exact) mass is 285 g/mol. The molecule has 0 unspecified atom stereocenters. The summed E-state index contributed by atoms with van der Waals surface area (Å²) in [5, 5.41) is 2.81. The maximum absolute atomic E-state index is 11.5. The first-order valence-electron chi connectivity index (χ1n) is 7.27. The van der Waals surface area contributed by atoms with Gasteiger partial charge in [0.25, 0.3) is 0 Å². The SMILES string of the molecule is CCc1ccc(-c2nccn2CCN2CCNC2=O)nc1. The topological polar surface area (TPSA) is 63.1 Å². The molecular formula is C15H19N5O. The summed E-state index contributed by atoms with van der Waals surface area (Å²) in [4.78, 5) is 22.2. The first-order valence-corrected chi connectivity index (χ1v) is 7.27. The molecule has 2 aromatic heterocycles. The van der Waals surface area contributed by atoms with E-state index in [2.05, 4.69) is 28.3 Å². The second-order valence-electron chi connectivity index (χ2n) is 5.07. The van der Waals surface area contributed by atoms with Crippen LogP contribution in [0.25, 0.3) is 11.5 Å². The predicted octanol–water partition coefficient (Wildman–Crippen LogP) is 1.53. The summed E-state index contributed by atoms with van der Waals surface area (Å²) in [5.74, 6) is 0.845. The van der Waals surface area contributed by atoms with Crippen molar-refractivity contribution in [3.8, 4) is 11.5 Å². The number of hydrogen-bond donors (Lipinski definition) is 1. The molecule has 1 aliphatic heterocycles. The van der Waals surface area contributed by atoms with E-state index in [1.807, 2.05) is 27.9 Å². The minimum atomic E-state index is 0.0158. The molecule has 0 atom stereocenters. The Balaban J connectivity index is 1.72. The molecule has 2 aromatic rings. The summed E-state index contributed by atoms with van der Waals surface area (Å²) >= 11 is 0. The second-order valence-corrected chi connectivity index (χ2v) is 5.07. The number of aromatic nitrogens is 3. The average Bonchev–Trinajstić information content (AvgIpc) is 3.14. The zero-order valence-electron chi connectivity index (χ0n) is 12.1. The van der Waals surface area contributed by atoms with E-state index in [1.165, 1.54) is 5.56 Å². The molecular weight excluding hydrogens is 266 g/mol. The van der Waals surface area contributed by atoms with Gasteiger partial charge in [0.1, 0.15) is 5.69 Å². The number of carbonyl (C=O) groups excluding carboxylic acids is 1. The molecule has 2 amide bonds. The Bertz CT molecular complexity index is 619. The van der Waals surface area contributed by atoms with Gasteiger partial charge in [-0.15, -0.1) is 0 Å². The summed E-state index contributed by atoms with van der Waals surface area (Å²) in [7, 11) is 0. The number of imidazole rings is 1. The molecule has 0 aliphatic carbocycles. The van der Waals surface area contributed by atoms with E-state index in [1.54, 1.807) is 6.20 Å². The summed E-state index contributed by atoms with van der Waals surface area (Å²) in [5.41, 5.74) is 2.08. The number of hydrogen-bond acceptors (Lipinski definition) is 3. The zero-order chi connectivity index (χ0) is 14.7.